The van der Waals surface area contributed by atoms with Crippen molar-refractivity contribution in [1.82, 2.24) is 4.90 Å². The van der Waals surface area contributed by atoms with Crippen LogP contribution < -0.4 is 5.73 Å². The smallest absolute Gasteiger partial charge is 0.254 e. The van der Waals surface area contributed by atoms with E-state index >= 15 is 0 Å². The van der Waals surface area contributed by atoms with Crippen molar-refractivity contribution in [3.63, 3.8) is 0 Å². The molecule has 0 aliphatic carbocycles. The third-order valence-electron chi connectivity index (χ3n) is 2.95. The maximum absolute atomic E-state index is 12.2. The highest BCUT2D eigenvalue weighted by Gasteiger charge is 2.18. The van der Waals surface area contributed by atoms with Crippen LogP contribution in [-0.4, -0.2) is 30.4 Å². The van der Waals surface area contributed by atoms with Gasteiger partial charge in [-0.2, -0.15) is 0 Å². The molecule has 3 heteroatoms. The number of nitrogens with zero attached hydrogens (tertiary/aromatic N) is 1. The number of carbonyl (C=O) groups is 1. The molecule has 0 radical (unpaired) electrons. The van der Waals surface area contributed by atoms with Gasteiger partial charge in [-0.3, -0.25) is 4.79 Å². The van der Waals surface area contributed by atoms with Gasteiger partial charge < -0.3 is 10.6 Å². The lowest BCUT2D eigenvalue weighted by Gasteiger charge is -2.24. The number of aryl methyl sites for hydroxylation is 1. The Balaban J connectivity index is 2.95. The van der Waals surface area contributed by atoms with Gasteiger partial charge in [0.1, 0.15) is 0 Å². The lowest BCUT2D eigenvalue weighted by molar-refractivity contribution is 0.0747. The van der Waals surface area contributed by atoms with E-state index in [1.54, 1.807) is 11.9 Å². The fraction of sp³-hybridized carbons (Fsp3) is 0.462. The fourth-order valence-corrected chi connectivity index (χ4v) is 1.59. The van der Waals surface area contributed by atoms with Gasteiger partial charge in [0.15, 0.2) is 0 Å². The number of likely N-dealkylation sites (N-methyl/N-ethyl adjacent to an activating group) is 1. The molecule has 0 aromatic heterocycles. The van der Waals surface area contributed by atoms with Crippen molar-refractivity contribution in [2.45, 2.75) is 26.3 Å². The Morgan fingerprint density at radius 1 is 1.44 bits per heavy atom. The normalized spacial score (nSPS) is 12.2. The van der Waals surface area contributed by atoms with Crippen molar-refractivity contribution in [2.24, 2.45) is 5.73 Å². The Hall–Kier alpha value is -1.35. The highest BCUT2D eigenvalue weighted by molar-refractivity contribution is 5.95. The Morgan fingerprint density at radius 2 is 2.06 bits per heavy atom. The van der Waals surface area contributed by atoms with Gasteiger partial charge in [0.25, 0.3) is 5.91 Å². The first-order valence-electron chi connectivity index (χ1n) is 5.67. The Labute approximate surface area is 97.2 Å². The molecule has 1 rings (SSSR count). The second-order valence-electron chi connectivity index (χ2n) is 4.01. The zero-order valence-electron chi connectivity index (χ0n) is 10.2. The summed E-state index contributed by atoms with van der Waals surface area (Å²) in [5, 5.41) is 0. The minimum atomic E-state index is 0.0513. The summed E-state index contributed by atoms with van der Waals surface area (Å²) in [6.07, 6.45) is 0.868. The molecule has 0 heterocycles. The van der Waals surface area contributed by atoms with Crippen molar-refractivity contribution in [3.05, 3.63) is 35.4 Å². The highest BCUT2D eigenvalue weighted by Crippen LogP contribution is 2.12. The summed E-state index contributed by atoms with van der Waals surface area (Å²) >= 11 is 0. The molecular formula is C13H20N2O. The Bertz CT molecular complexity index is 363. The molecule has 0 fully saturated rings. The lowest BCUT2D eigenvalue weighted by Crippen LogP contribution is -2.40. The number of amides is 1. The van der Waals surface area contributed by atoms with Gasteiger partial charge in [-0.15, -0.1) is 0 Å². The summed E-state index contributed by atoms with van der Waals surface area (Å²) < 4.78 is 0. The highest BCUT2D eigenvalue weighted by atomic mass is 16.2. The molecule has 3 nitrogen and oxygen atoms in total. The van der Waals surface area contributed by atoms with Crippen molar-refractivity contribution in [1.29, 1.82) is 0 Å². The molecule has 0 spiro atoms. The molecular weight excluding hydrogens is 200 g/mol. The predicted molar refractivity (Wildman–Crippen MR) is 66.4 cm³/mol. The predicted octanol–water partition coefficient (Wildman–Crippen LogP) is 1.67. The minimum absolute atomic E-state index is 0.0513. The molecule has 0 bridgehead atoms. The van der Waals surface area contributed by atoms with E-state index in [1.165, 1.54) is 0 Å². The first-order chi connectivity index (χ1) is 7.61. The van der Waals surface area contributed by atoms with Crippen LogP contribution in [0.25, 0.3) is 0 Å². The summed E-state index contributed by atoms with van der Waals surface area (Å²) in [4.78, 5) is 13.9. The summed E-state index contributed by atoms with van der Waals surface area (Å²) in [7, 11) is 1.80. The molecule has 16 heavy (non-hydrogen) atoms. The number of nitrogens with two attached hydrogens (primary N) is 1. The summed E-state index contributed by atoms with van der Waals surface area (Å²) in [6.45, 7) is 4.49. The molecule has 0 aliphatic rings. The van der Waals surface area contributed by atoms with E-state index in [9.17, 15) is 4.79 Å². The summed E-state index contributed by atoms with van der Waals surface area (Å²) in [5.74, 6) is 0.0513. The molecule has 1 amide bonds. The second-order valence-corrected chi connectivity index (χ2v) is 4.01. The topological polar surface area (TPSA) is 46.3 Å². The summed E-state index contributed by atoms with van der Waals surface area (Å²) in [6, 6.07) is 7.79. The molecule has 0 aliphatic heterocycles. The van der Waals surface area contributed by atoms with Crippen molar-refractivity contribution < 1.29 is 4.79 Å². The van der Waals surface area contributed by atoms with Gasteiger partial charge in [-0.25, -0.2) is 0 Å². The van der Waals surface area contributed by atoms with Crippen LogP contribution in [0.2, 0.25) is 0 Å². The lowest BCUT2D eigenvalue weighted by atomic mass is 10.0. The van der Waals surface area contributed by atoms with Gasteiger partial charge >= 0.3 is 0 Å². The zero-order valence-corrected chi connectivity index (χ0v) is 10.2. The molecule has 1 aromatic rings. The first kappa shape index (κ1) is 12.7. The van der Waals surface area contributed by atoms with Crippen molar-refractivity contribution in [2.75, 3.05) is 13.6 Å². The average molecular weight is 220 g/mol. The van der Waals surface area contributed by atoms with E-state index < -0.39 is 0 Å². The number of hydrogen-bond acceptors (Lipinski definition) is 2. The molecule has 1 atom stereocenters. The van der Waals surface area contributed by atoms with E-state index in [0.717, 1.165) is 17.5 Å². The largest absolute Gasteiger partial charge is 0.338 e. The molecule has 1 unspecified atom stereocenters. The van der Waals surface area contributed by atoms with Crippen molar-refractivity contribution in [3.8, 4) is 0 Å². The SMILES string of the molecule is CCc1ccccc1C(=O)N(C)C(C)CN. The maximum Gasteiger partial charge on any atom is 0.254 e. The third kappa shape index (κ3) is 2.61. The number of benzene rings is 1. The average Bonchev–Trinajstić information content (AvgIpc) is 2.35. The van der Waals surface area contributed by atoms with Crippen LogP contribution in [0.4, 0.5) is 0 Å². The van der Waals surface area contributed by atoms with Gasteiger partial charge in [-0.05, 0) is 25.0 Å². The minimum Gasteiger partial charge on any atom is -0.338 e. The number of hydrogen-bond donors (Lipinski definition) is 1. The van der Waals surface area contributed by atoms with Crippen LogP contribution in [0.5, 0.6) is 0 Å². The van der Waals surface area contributed by atoms with Gasteiger partial charge in [-0.1, -0.05) is 25.1 Å². The quantitative estimate of drug-likeness (QED) is 0.839. The third-order valence-corrected chi connectivity index (χ3v) is 2.95. The molecule has 2 N–H and O–H groups in total. The maximum atomic E-state index is 12.2. The molecule has 0 saturated carbocycles. The first-order valence-corrected chi connectivity index (χ1v) is 5.67. The van der Waals surface area contributed by atoms with E-state index in [2.05, 4.69) is 6.92 Å². The van der Waals surface area contributed by atoms with Crippen LogP contribution in [0.15, 0.2) is 24.3 Å². The van der Waals surface area contributed by atoms with Gasteiger partial charge in [0.2, 0.25) is 0 Å². The van der Waals surface area contributed by atoms with Crippen molar-refractivity contribution >= 4 is 5.91 Å². The molecule has 0 saturated heterocycles. The molecule has 1 aromatic carbocycles. The standard InChI is InChI=1S/C13H20N2O/c1-4-11-7-5-6-8-12(11)13(16)15(3)10(2)9-14/h5-8,10H,4,9,14H2,1-3H3. The van der Waals surface area contributed by atoms with Gasteiger partial charge in [0.05, 0.1) is 0 Å². The molecule has 88 valence electrons. The van der Waals surface area contributed by atoms with Crippen LogP contribution in [0, 0.1) is 0 Å². The second kappa shape index (κ2) is 5.66. The van der Waals surface area contributed by atoms with E-state index in [0.29, 0.717) is 6.54 Å². The summed E-state index contributed by atoms with van der Waals surface area (Å²) in [5.41, 5.74) is 7.44. The van der Waals surface area contributed by atoms with Crippen LogP contribution >= 0.6 is 0 Å². The fourth-order valence-electron chi connectivity index (χ4n) is 1.59. The zero-order chi connectivity index (χ0) is 12.1. The monoisotopic (exact) mass is 220 g/mol. The van der Waals surface area contributed by atoms with E-state index in [4.69, 9.17) is 5.73 Å². The Morgan fingerprint density at radius 3 is 2.62 bits per heavy atom. The van der Waals surface area contributed by atoms with Gasteiger partial charge in [0, 0.05) is 25.2 Å². The van der Waals surface area contributed by atoms with Crippen LogP contribution in [-0.2, 0) is 6.42 Å². The Kier molecular flexibility index (Phi) is 4.50. The van der Waals surface area contributed by atoms with E-state index in [1.807, 2.05) is 31.2 Å². The van der Waals surface area contributed by atoms with Crippen LogP contribution in [0.3, 0.4) is 0 Å². The van der Waals surface area contributed by atoms with E-state index in [-0.39, 0.29) is 11.9 Å². The number of carbonyl (C=O) groups excluding carboxylic acids is 1. The number of rotatable bonds is 4. The van der Waals surface area contributed by atoms with Crippen LogP contribution in [0.1, 0.15) is 29.8 Å².